The van der Waals surface area contributed by atoms with E-state index in [1.54, 1.807) is 4.90 Å². The Hall–Kier alpha value is -1.74. The van der Waals surface area contributed by atoms with Crippen molar-refractivity contribution >= 4 is 16.1 Å². The Balaban J connectivity index is 1.67. The van der Waals surface area contributed by atoms with E-state index in [1.807, 2.05) is 0 Å². The first-order chi connectivity index (χ1) is 14.2. The zero-order chi connectivity index (χ0) is 21.8. The standard InChI is InChI=1S/C21H31F2N3O3S/c1-30(28,29)25-13-10-16-7-2-5-14-26(16)20(27)24-15-21(11-3-4-12-21)19-17(22)8-6-9-18(19)23/h6,8-9,16,25H,2-5,7,10-15H2,1H3,(H,24,27). The fourth-order valence-corrected chi connectivity index (χ4v) is 5.39. The van der Waals surface area contributed by atoms with Gasteiger partial charge in [0.25, 0.3) is 0 Å². The van der Waals surface area contributed by atoms with Crippen molar-refractivity contribution in [3.8, 4) is 0 Å². The van der Waals surface area contributed by atoms with Gasteiger partial charge in [-0.25, -0.2) is 26.7 Å². The maximum Gasteiger partial charge on any atom is 0.317 e. The number of amides is 2. The number of piperidine rings is 1. The summed E-state index contributed by atoms with van der Waals surface area (Å²) in [7, 11) is -3.27. The fraction of sp³-hybridized carbons (Fsp3) is 0.667. The van der Waals surface area contributed by atoms with E-state index in [0.717, 1.165) is 38.4 Å². The van der Waals surface area contributed by atoms with Crippen molar-refractivity contribution in [2.75, 3.05) is 25.9 Å². The summed E-state index contributed by atoms with van der Waals surface area (Å²) in [5.41, 5.74) is -0.649. The zero-order valence-corrected chi connectivity index (χ0v) is 18.2. The van der Waals surface area contributed by atoms with Gasteiger partial charge in [0.15, 0.2) is 0 Å². The molecule has 1 heterocycles. The first-order valence-corrected chi connectivity index (χ1v) is 12.5. The highest BCUT2D eigenvalue weighted by molar-refractivity contribution is 7.88. The monoisotopic (exact) mass is 443 g/mol. The van der Waals surface area contributed by atoms with Crippen LogP contribution in [0.15, 0.2) is 18.2 Å². The number of rotatable bonds is 7. The van der Waals surface area contributed by atoms with Crippen molar-refractivity contribution in [1.29, 1.82) is 0 Å². The maximum atomic E-state index is 14.5. The van der Waals surface area contributed by atoms with Crippen LogP contribution in [0.25, 0.3) is 0 Å². The van der Waals surface area contributed by atoms with Gasteiger partial charge in [0.05, 0.1) is 6.26 Å². The minimum atomic E-state index is -3.27. The Morgan fingerprint density at radius 3 is 2.47 bits per heavy atom. The van der Waals surface area contributed by atoms with Crippen molar-refractivity contribution in [1.82, 2.24) is 14.9 Å². The second-order valence-electron chi connectivity index (χ2n) is 8.54. The smallest absolute Gasteiger partial charge is 0.317 e. The molecule has 1 saturated carbocycles. The van der Waals surface area contributed by atoms with Crippen LogP contribution in [0.1, 0.15) is 56.9 Å². The van der Waals surface area contributed by atoms with Gasteiger partial charge in [0.1, 0.15) is 11.6 Å². The van der Waals surface area contributed by atoms with Gasteiger partial charge in [-0.3, -0.25) is 0 Å². The molecule has 2 amide bonds. The van der Waals surface area contributed by atoms with E-state index in [0.29, 0.717) is 25.8 Å². The molecule has 1 aliphatic heterocycles. The summed E-state index contributed by atoms with van der Waals surface area (Å²) in [6.45, 7) is 1.06. The lowest BCUT2D eigenvalue weighted by Gasteiger charge is -2.37. The molecule has 6 nitrogen and oxygen atoms in total. The number of urea groups is 1. The van der Waals surface area contributed by atoms with E-state index in [2.05, 4.69) is 10.0 Å². The third-order valence-corrected chi connectivity index (χ3v) is 7.09. The van der Waals surface area contributed by atoms with E-state index in [9.17, 15) is 22.0 Å². The molecular formula is C21H31F2N3O3S. The molecule has 3 rings (SSSR count). The lowest BCUT2D eigenvalue weighted by molar-refractivity contribution is 0.144. The van der Waals surface area contributed by atoms with E-state index in [-0.39, 0.29) is 30.7 Å². The van der Waals surface area contributed by atoms with E-state index < -0.39 is 27.1 Å². The number of carbonyl (C=O) groups excluding carboxylic acids is 1. The van der Waals surface area contributed by atoms with Crippen molar-refractivity contribution < 1.29 is 22.0 Å². The number of nitrogens with one attached hydrogen (secondary N) is 2. The Morgan fingerprint density at radius 1 is 1.17 bits per heavy atom. The highest BCUT2D eigenvalue weighted by atomic mass is 32.2. The summed E-state index contributed by atoms with van der Waals surface area (Å²) in [5.74, 6) is -1.12. The molecular weight excluding hydrogens is 412 g/mol. The number of hydrogen-bond donors (Lipinski definition) is 2. The Morgan fingerprint density at radius 2 is 1.83 bits per heavy atom. The summed E-state index contributed by atoms with van der Waals surface area (Å²) in [6.07, 6.45) is 7.33. The first kappa shape index (κ1) is 22.9. The largest absolute Gasteiger partial charge is 0.337 e. The summed E-state index contributed by atoms with van der Waals surface area (Å²) in [4.78, 5) is 14.7. The molecule has 1 atom stereocenters. The topological polar surface area (TPSA) is 78.5 Å². The molecule has 0 spiro atoms. The van der Waals surface area contributed by atoms with E-state index in [4.69, 9.17) is 0 Å². The first-order valence-electron chi connectivity index (χ1n) is 10.7. The van der Waals surface area contributed by atoms with Crippen LogP contribution in [0, 0.1) is 11.6 Å². The predicted molar refractivity (Wildman–Crippen MR) is 112 cm³/mol. The van der Waals surface area contributed by atoms with Crippen LogP contribution < -0.4 is 10.0 Å². The minimum Gasteiger partial charge on any atom is -0.337 e. The highest BCUT2D eigenvalue weighted by Gasteiger charge is 2.40. The average molecular weight is 444 g/mol. The molecule has 0 aromatic heterocycles. The number of hydrogen-bond acceptors (Lipinski definition) is 3. The number of carbonyl (C=O) groups is 1. The number of benzene rings is 1. The number of sulfonamides is 1. The third-order valence-electron chi connectivity index (χ3n) is 6.36. The molecule has 1 saturated heterocycles. The molecule has 168 valence electrons. The molecule has 9 heteroatoms. The van der Waals surface area contributed by atoms with Crippen LogP contribution in [0.2, 0.25) is 0 Å². The van der Waals surface area contributed by atoms with Crippen LogP contribution >= 0.6 is 0 Å². The molecule has 2 fully saturated rings. The van der Waals surface area contributed by atoms with Gasteiger partial charge in [0.2, 0.25) is 10.0 Å². The van der Waals surface area contributed by atoms with Crippen LogP contribution in [-0.4, -0.2) is 51.3 Å². The van der Waals surface area contributed by atoms with Crippen molar-refractivity contribution in [2.45, 2.75) is 62.8 Å². The lowest BCUT2D eigenvalue weighted by Crippen LogP contribution is -2.52. The molecule has 1 aromatic carbocycles. The van der Waals surface area contributed by atoms with Crippen LogP contribution in [0.5, 0.6) is 0 Å². The summed E-state index contributed by atoms with van der Waals surface area (Å²) >= 11 is 0. The summed E-state index contributed by atoms with van der Waals surface area (Å²) < 4.78 is 54.1. The van der Waals surface area contributed by atoms with Gasteiger partial charge in [0, 0.05) is 36.7 Å². The molecule has 2 aliphatic rings. The Labute approximate surface area is 177 Å². The SMILES string of the molecule is CS(=O)(=O)NCCC1CCCCN1C(=O)NCC1(c2c(F)cccc2F)CCCC1. The van der Waals surface area contributed by atoms with Gasteiger partial charge in [-0.05, 0) is 50.7 Å². The number of likely N-dealkylation sites (tertiary alicyclic amines) is 1. The highest BCUT2D eigenvalue weighted by Crippen LogP contribution is 2.42. The van der Waals surface area contributed by atoms with E-state index >= 15 is 0 Å². The van der Waals surface area contributed by atoms with Crippen LogP contribution in [-0.2, 0) is 15.4 Å². The third kappa shape index (κ3) is 5.49. The van der Waals surface area contributed by atoms with E-state index in [1.165, 1.54) is 18.2 Å². The second kappa shape index (κ2) is 9.60. The Kier molecular flexibility index (Phi) is 7.34. The number of halogens is 2. The molecule has 2 N–H and O–H groups in total. The number of nitrogens with zero attached hydrogens (tertiary/aromatic N) is 1. The van der Waals surface area contributed by atoms with Crippen molar-refractivity contribution in [2.24, 2.45) is 0 Å². The van der Waals surface area contributed by atoms with Gasteiger partial charge in [-0.2, -0.15) is 0 Å². The molecule has 1 unspecified atom stereocenters. The maximum absolute atomic E-state index is 14.5. The Bertz CT molecular complexity index is 837. The van der Waals surface area contributed by atoms with Gasteiger partial charge in [-0.1, -0.05) is 18.9 Å². The second-order valence-corrected chi connectivity index (χ2v) is 10.4. The predicted octanol–water partition coefficient (Wildman–Crippen LogP) is 3.28. The average Bonchev–Trinajstić information content (AvgIpc) is 3.15. The van der Waals surface area contributed by atoms with Gasteiger partial charge >= 0.3 is 6.03 Å². The molecule has 1 aliphatic carbocycles. The van der Waals surface area contributed by atoms with Crippen LogP contribution in [0.3, 0.4) is 0 Å². The molecule has 30 heavy (non-hydrogen) atoms. The normalized spacial score (nSPS) is 21.6. The summed E-state index contributed by atoms with van der Waals surface area (Å²) in [5, 5.41) is 2.94. The van der Waals surface area contributed by atoms with Crippen molar-refractivity contribution in [3.05, 3.63) is 35.4 Å². The minimum absolute atomic E-state index is 0.0577. The van der Waals surface area contributed by atoms with Gasteiger partial charge in [-0.15, -0.1) is 0 Å². The van der Waals surface area contributed by atoms with Gasteiger partial charge < -0.3 is 10.2 Å². The van der Waals surface area contributed by atoms with Crippen molar-refractivity contribution in [3.63, 3.8) is 0 Å². The zero-order valence-electron chi connectivity index (χ0n) is 17.4. The molecule has 1 aromatic rings. The quantitative estimate of drug-likeness (QED) is 0.679. The van der Waals surface area contributed by atoms with Crippen LogP contribution in [0.4, 0.5) is 13.6 Å². The molecule has 0 radical (unpaired) electrons. The lowest BCUT2D eigenvalue weighted by atomic mass is 9.78. The summed E-state index contributed by atoms with van der Waals surface area (Å²) in [6, 6.07) is 3.60. The molecule has 0 bridgehead atoms. The fourth-order valence-electron chi connectivity index (χ4n) is 4.90.